The molecule has 0 fully saturated rings. The van der Waals surface area contributed by atoms with Gasteiger partial charge in [-0.2, -0.15) is 0 Å². The van der Waals surface area contributed by atoms with Crippen LogP contribution in [-0.2, 0) is 6.54 Å². The third kappa shape index (κ3) is 2.95. The average molecular weight is 225 g/mol. The summed E-state index contributed by atoms with van der Waals surface area (Å²) >= 11 is 0. The molecular weight excluding hydrogens is 202 g/mol. The Kier molecular flexibility index (Phi) is 5.25. The predicted octanol–water partition coefficient (Wildman–Crippen LogP) is 1.44. The molecule has 92 valence electrons. The summed E-state index contributed by atoms with van der Waals surface area (Å²) in [5, 5.41) is 15.0. The van der Waals surface area contributed by atoms with Crippen molar-refractivity contribution >= 4 is 5.95 Å². The zero-order valence-electron chi connectivity index (χ0n) is 10.7. The van der Waals surface area contributed by atoms with Crippen molar-refractivity contribution in [1.29, 1.82) is 0 Å². The Hall–Kier alpha value is -1.10. The number of likely N-dealkylation sites (N-methyl/N-ethyl adjacent to an activating group) is 1. The standard InChI is InChI=1S/C11H23N5/c1-5-12-8-9(4)10-14-15-11(13-6-2)16(10)7-3/h9,12H,5-8H2,1-4H3,(H,13,15). The van der Waals surface area contributed by atoms with Gasteiger partial charge in [0.25, 0.3) is 0 Å². The van der Waals surface area contributed by atoms with Crippen LogP contribution >= 0.6 is 0 Å². The Labute approximate surface area is 97.6 Å². The van der Waals surface area contributed by atoms with E-state index in [1.54, 1.807) is 0 Å². The summed E-state index contributed by atoms with van der Waals surface area (Å²) in [5.41, 5.74) is 0. The molecule has 1 aromatic heterocycles. The van der Waals surface area contributed by atoms with E-state index in [9.17, 15) is 0 Å². The number of anilines is 1. The fraction of sp³-hybridized carbons (Fsp3) is 0.818. The highest BCUT2D eigenvalue weighted by Gasteiger charge is 2.15. The third-order valence-corrected chi connectivity index (χ3v) is 2.57. The number of aromatic nitrogens is 3. The molecule has 1 heterocycles. The van der Waals surface area contributed by atoms with Crippen molar-refractivity contribution in [3.63, 3.8) is 0 Å². The van der Waals surface area contributed by atoms with Crippen LogP contribution in [0, 0.1) is 0 Å². The van der Waals surface area contributed by atoms with Gasteiger partial charge in [0.1, 0.15) is 5.82 Å². The highest BCUT2D eigenvalue weighted by Crippen LogP contribution is 2.16. The van der Waals surface area contributed by atoms with Crippen LogP contribution in [0.4, 0.5) is 5.95 Å². The number of nitrogens with one attached hydrogen (secondary N) is 2. The number of hydrogen-bond donors (Lipinski definition) is 2. The molecule has 5 heteroatoms. The molecule has 2 N–H and O–H groups in total. The second-order valence-electron chi connectivity index (χ2n) is 3.87. The van der Waals surface area contributed by atoms with Crippen molar-refractivity contribution in [2.24, 2.45) is 0 Å². The second-order valence-corrected chi connectivity index (χ2v) is 3.87. The highest BCUT2D eigenvalue weighted by atomic mass is 15.3. The van der Waals surface area contributed by atoms with E-state index < -0.39 is 0 Å². The van der Waals surface area contributed by atoms with Gasteiger partial charge in [-0.3, -0.25) is 4.57 Å². The lowest BCUT2D eigenvalue weighted by Gasteiger charge is -2.13. The number of nitrogens with zero attached hydrogens (tertiary/aromatic N) is 3. The molecule has 0 saturated carbocycles. The van der Waals surface area contributed by atoms with E-state index in [0.29, 0.717) is 5.92 Å². The van der Waals surface area contributed by atoms with E-state index in [1.807, 2.05) is 0 Å². The van der Waals surface area contributed by atoms with Gasteiger partial charge in [0.2, 0.25) is 5.95 Å². The van der Waals surface area contributed by atoms with Crippen LogP contribution in [0.2, 0.25) is 0 Å². The Balaban J connectivity index is 2.78. The molecule has 0 bridgehead atoms. The van der Waals surface area contributed by atoms with Crippen LogP contribution in [0.3, 0.4) is 0 Å². The Morgan fingerprint density at radius 3 is 2.50 bits per heavy atom. The first-order valence-corrected chi connectivity index (χ1v) is 6.12. The topological polar surface area (TPSA) is 54.8 Å². The molecule has 1 unspecified atom stereocenters. The minimum atomic E-state index is 0.389. The monoisotopic (exact) mass is 225 g/mol. The maximum Gasteiger partial charge on any atom is 0.224 e. The van der Waals surface area contributed by atoms with Crippen LogP contribution in [0.25, 0.3) is 0 Å². The van der Waals surface area contributed by atoms with E-state index in [2.05, 4.69) is 53.1 Å². The molecule has 0 aliphatic heterocycles. The first-order valence-electron chi connectivity index (χ1n) is 6.12. The van der Waals surface area contributed by atoms with Gasteiger partial charge >= 0.3 is 0 Å². The molecule has 0 amide bonds. The van der Waals surface area contributed by atoms with E-state index >= 15 is 0 Å². The summed E-state index contributed by atoms with van der Waals surface area (Å²) < 4.78 is 2.14. The Morgan fingerprint density at radius 2 is 1.94 bits per heavy atom. The fourth-order valence-electron chi connectivity index (χ4n) is 1.73. The molecule has 0 aromatic carbocycles. The van der Waals surface area contributed by atoms with Gasteiger partial charge in [-0.05, 0) is 20.4 Å². The first-order chi connectivity index (χ1) is 7.74. The van der Waals surface area contributed by atoms with Crippen LogP contribution < -0.4 is 10.6 Å². The SMILES string of the molecule is CCNCC(C)c1nnc(NCC)n1CC. The van der Waals surface area contributed by atoms with Crippen LogP contribution in [0.1, 0.15) is 39.4 Å². The minimum Gasteiger partial charge on any atom is -0.355 e. The largest absolute Gasteiger partial charge is 0.355 e. The summed E-state index contributed by atoms with van der Waals surface area (Å²) in [6, 6.07) is 0. The normalized spacial score (nSPS) is 12.8. The summed E-state index contributed by atoms with van der Waals surface area (Å²) in [7, 11) is 0. The van der Waals surface area contributed by atoms with Gasteiger partial charge in [-0.25, -0.2) is 0 Å². The Bertz CT molecular complexity index is 307. The molecule has 1 aromatic rings. The maximum absolute atomic E-state index is 4.27. The van der Waals surface area contributed by atoms with Crippen LogP contribution in [-0.4, -0.2) is 34.4 Å². The van der Waals surface area contributed by atoms with Crippen molar-refractivity contribution in [3.8, 4) is 0 Å². The molecule has 0 aliphatic carbocycles. The number of hydrogen-bond acceptors (Lipinski definition) is 4. The summed E-state index contributed by atoms with van der Waals surface area (Å²) in [6.45, 7) is 12.2. The third-order valence-electron chi connectivity index (χ3n) is 2.57. The molecule has 0 saturated heterocycles. The van der Waals surface area contributed by atoms with Gasteiger partial charge < -0.3 is 10.6 Å². The lowest BCUT2D eigenvalue weighted by atomic mass is 10.1. The fourth-order valence-corrected chi connectivity index (χ4v) is 1.73. The predicted molar refractivity (Wildman–Crippen MR) is 66.8 cm³/mol. The highest BCUT2D eigenvalue weighted by molar-refractivity contribution is 5.26. The second kappa shape index (κ2) is 6.48. The van der Waals surface area contributed by atoms with E-state index in [4.69, 9.17) is 0 Å². The summed E-state index contributed by atoms with van der Waals surface area (Å²) in [5.74, 6) is 2.32. The quantitative estimate of drug-likeness (QED) is 0.737. The molecule has 16 heavy (non-hydrogen) atoms. The Morgan fingerprint density at radius 1 is 1.19 bits per heavy atom. The summed E-state index contributed by atoms with van der Waals surface area (Å²) in [4.78, 5) is 0. The van der Waals surface area contributed by atoms with Gasteiger partial charge in [0, 0.05) is 25.6 Å². The van der Waals surface area contributed by atoms with E-state index in [0.717, 1.165) is 38.0 Å². The lowest BCUT2D eigenvalue weighted by molar-refractivity contribution is 0.572. The molecular formula is C11H23N5. The smallest absolute Gasteiger partial charge is 0.224 e. The summed E-state index contributed by atoms with van der Waals surface area (Å²) in [6.07, 6.45) is 0. The van der Waals surface area contributed by atoms with Crippen molar-refractivity contribution in [2.75, 3.05) is 25.0 Å². The lowest BCUT2D eigenvalue weighted by Crippen LogP contribution is -2.22. The van der Waals surface area contributed by atoms with E-state index in [1.165, 1.54) is 0 Å². The molecule has 5 nitrogen and oxygen atoms in total. The maximum atomic E-state index is 4.27. The average Bonchev–Trinajstić information content (AvgIpc) is 2.69. The molecule has 0 radical (unpaired) electrons. The van der Waals surface area contributed by atoms with Crippen molar-refractivity contribution in [3.05, 3.63) is 5.82 Å². The zero-order chi connectivity index (χ0) is 12.0. The van der Waals surface area contributed by atoms with Crippen LogP contribution in [0.5, 0.6) is 0 Å². The zero-order valence-corrected chi connectivity index (χ0v) is 10.7. The van der Waals surface area contributed by atoms with Gasteiger partial charge in [0.15, 0.2) is 0 Å². The molecule has 1 rings (SSSR count). The number of rotatable bonds is 7. The molecule has 0 spiro atoms. The van der Waals surface area contributed by atoms with E-state index in [-0.39, 0.29) is 0 Å². The van der Waals surface area contributed by atoms with Crippen molar-refractivity contribution in [1.82, 2.24) is 20.1 Å². The van der Waals surface area contributed by atoms with Crippen molar-refractivity contribution < 1.29 is 0 Å². The van der Waals surface area contributed by atoms with Crippen molar-refractivity contribution in [2.45, 2.75) is 40.2 Å². The van der Waals surface area contributed by atoms with Gasteiger partial charge in [-0.1, -0.05) is 13.8 Å². The first kappa shape index (κ1) is 13.0. The van der Waals surface area contributed by atoms with Gasteiger partial charge in [0.05, 0.1) is 0 Å². The minimum absolute atomic E-state index is 0.389. The molecule has 1 atom stereocenters. The van der Waals surface area contributed by atoms with Gasteiger partial charge in [-0.15, -0.1) is 10.2 Å². The molecule has 0 aliphatic rings. The van der Waals surface area contributed by atoms with Crippen LogP contribution in [0.15, 0.2) is 0 Å².